The predicted octanol–water partition coefficient (Wildman–Crippen LogP) is 3.25. The molecule has 0 aromatic heterocycles. The minimum absolute atomic E-state index is 0.537. The van der Waals surface area contributed by atoms with E-state index in [4.69, 9.17) is 0 Å². The molecule has 0 spiro atoms. The molecule has 1 aromatic carbocycles. The minimum atomic E-state index is 0.537. The normalized spacial score (nSPS) is 21.3. The first-order valence-electron chi connectivity index (χ1n) is 4.26. The summed E-state index contributed by atoms with van der Waals surface area (Å²) in [6, 6.07) is 6.42. The van der Waals surface area contributed by atoms with Gasteiger partial charge in [0.25, 0.3) is 0 Å². The van der Waals surface area contributed by atoms with E-state index in [0.717, 1.165) is 6.54 Å². The molecule has 0 radical (unpaired) electrons. The summed E-state index contributed by atoms with van der Waals surface area (Å²) in [5.41, 5.74) is 4.11. The lowest BCUT2D eigenvalue weighted by Crippen LogP contribution is -2.14. The third-order valence-corrected chi connectivity index (χ3v) is 3.27. The highest BCUT2D eigenvalue weighted by Crippen LogP contribution is 2.37. The summed E-state index contributed by atoms with van der Waals surface area (Å²) >= 11 is 3.70. The zero-order valence-corrected chi connectivity index (χ0v) is 8.69. The summed E-state index contributed by atoms with van der Waals surface area (Å²) in [6.07, 6.45) is 1.18. The average Bonchev–Trinajstić information content (AvgIpc) is 2.04. The number of nitrogens with one attached hydrogen (secondary N) is 1. The highest BCUT2D eigenvalue weighted by molar-refractivity contribution is 9.09. The largest absolute Gasteiger partial charge is 0.385 e. The van der Waals surface area contributed by atoms with E-state index in [-0.39, 0.29) is 0 Å². The van der Waals surface area contributed by atoms with Gasteiger partial charge in [-0.05, 0) is 30.5 Å². The number of fused-ring (bicyclic) bond motifs is 1. The van der Waals surface area contributed by atoms with E-state index >= 15 is 0 Å². The van der Waals surface area contributed by atoms with Crippen LogP contribution in [0.2, 0.25) is 0 Å². The molecule has 0 fully saturated rings. The first-order chi connectivity index (χ1) is 5.79. The Balaban J connectivity index is 2.53. The van der Waals surface area contributed by atoms with E-state index in [9.17, 15) is 0 Å². The first-order valence-corrected chi connectivity index (χ1v) is 5.18. The second-order valence-corrected chi connectivity index (χ2v) is 4.32. The van der Waals surface area contributed by atoms with E-state index in [2.05, 4.69) is 46.4 Å². The van der Waals surface area contributed by atoms with Gasteiger partial charge in [0.2, 0.25) is 0 Å². The second kappa shape index (κ2) is 3.09. The van der Waals surface area contributed by atoms with Gasteiger partial charge in [-0.2, -0.15) is 0 Å². The summed E-state index contributed by atoms with van der Waals surface area (Å²) in [5.74, 6) is 0. The molecule has 1 heterocycles. The van der Waals surface area contributed by atoms with Crippen LogP contribution in [0.1, 0.15) is 22.4 Å². The van der Waals surface area contributed by atoms with Crippen LogP contribution in [0.25, 0.3) is 0 Å². The van der Waals surface area contributed by atoms with Gasteiger partial charge in [0.15, 0.2) is 0 Å². The fourth-order valence-electron chi connectivity index (χ4n) is 1.73. The molecule has 2 rings (SSSR count). The van der Waals surface area contributed by atoms with Gasteiger partial charge in [0, 0.05) is 17.1 Å². The van der Waals surface area contributed by atoms with E-state index < -0.39 is 0 Å². The van der Waals surface area contributed by atoms with Crippen LogP contribution in [0.3, 0.4) is 0 Å². The fraction of sp³-hybridized carbons (Fsp3) is 0.400. The Hall–Kier alpha value is -0.500. The highest BCUT2D eigenvalue weighted by atomic mass is 79.9. The third-order valence-electron chi connectivity index (χ3n) is 2.35. The number of hydrogen-bond acceptors (Lipinski definition) is 1. The van der Waals surface area contributed by atoms with Crippen LogP contribution in [0.15, 0.2) is 18.2 Å². The molecule has 0 bridgehead atoms. The molecular formula is C10H12BrN. The SMILES string of the molecule is Cc1cccc2c1C(Br)CCN2. The van der Waals surface area contributed by atoms with E-state index in [1.807, 2.05) is 0 Å². The first kappa shape index (κ1) is 8.11. The molecule has 12 heavy (non-hydrogen) atoms. The van der Waals surface area contributed by atoms with E-state index in [1.165, 1.54) is 23.2 Å². The molecule has 1 nitrogen and oxygen atoms in total. The molecule has 1 N–H and O–H groups in total. The fourth-order valence-corrected chi connectivity index (χ4v) is 2.57. The predicted molar refractivity (Wildman–Crippen MR) is 56.0 cm³/mol. The van der Waals surface area contributed by atoms with Gasteiger partial charge in [0.1, 0.15) is 0 Å². The number of alkyl halides is 1. The van der Waals surface area contributed by atoms with Crippen molar-refractivity contribution in [1.82, 2.24) is 0 Å². The number of rotatable bonds is 0. The summed E-state index contributed by atoms with van der Waals surface area (Å²) in [4.78, 5) is 0.537. The maximum absolute atomic E-state index is 3.70. The van der Waals surface area contributed by atoms with Gasteiger partial charge in [-0.15, -0.1) is 0 Å². The molecule has 0 saturated carbocycles. The average molecular weight is 226 g/mol. The molecule has 0 aliphatic carbocycles. The van der Waals surface area contributed by atoms with Crippen LogP contribution in [-0.4, -0.2) is 6.54 Å². The molecule has 0 amide bonds. The lowest BCUT2D eigenvalue weighted by atomic mass is 9.99. The Bertz CT molecular complexity index is 296. The van der Waals surface area contributed by atoms with Crippen LogP contribution in [-0.2, 0) is 0 Å². The maximum atomic E-state index is 3.70. The molecule has 1 atom stereocenters. The van der Waals surface area contributed by atoms with Gasteiger partial charge in [-0.3, -0.25) is 0 Å². The van der Waals surface area contributed by atoms with Crippen LogP contribution in [0, 0.1) is 6.92 Å². The zero-order valence-electron chi connectivity index (χ0n) is 7.10. The third kappa shape index (κ3) is 1.24. The van der Waals surface area contributed by atoms with Crippen molar-refractivity contribution >= 4 is 21.6 Å². The molecule has 1 aliphatic rings. The second-order valence-electron chi connectivity index (χ2n) is 3.22. The summed E-state index contributed by atoms with van der Waals surface area (Å²) < 4.78 is 0. The molecule has 1 aromatic rings. The molecule has 1 unspecified atom stereocenters. The van der Waals surface area contributed by atoms with Gasteiger partial charge in [0.05, 0.1) is 0 Å². The number of anilines is 1. The van der Waals surface area contributed by atoms with E-state index in [0.29, 0.717) is 4.83 Å². The van der Waals surface area contributed by atoms with Crippen molar-refractivity contribution in [3.05, 3.63) is 29.3 Å². The van der Waals surface area contributed by atoms with E-state index in [1.54, 1.807) is 0 Å². The Kier molecular flexibility index (Phi) is 2.09. The quantitative estimate of drug-likeness (QED) is 0.669. The lowest BCUT2D eigenvalue weighted by Gasteiger charge is -2.24. The van der Waals surface area contributed by atoms with Crippen molar-refractivity contribution in [2.45, 2.75) is 18.2 Å². The van der Waals surface area contributed by atoms with Gasteiger partial charge >= 0.3 is 0 Å². The summed E-state index contributed by atoms with van der Waals surface area (Å²) in [7, 11) is 0. The van der Waals surface area contributed by atoms with Crippen LogP contribution in [0.5, 0.6) is 0 Å². The zero-order chi connectivity index (χ0) is 8.55. The topological polar surface area (TPSA) is 12.0 Å². The Labute approximate surface area is 81.3 Å². The van der Waals surface area contributed by atoms with Gasteiger partial charge in [-0.1, -0.05) is 28.1 Å². The maximum Gasteiger partial charge on any atom is 0.0435 e. The van der Waals surface area contributed by atoms with Crippen molar-refractivity contribution in [3.8, 4) is 0 Å². The number of halogens is 1. The standard InChI is InChI=1S/C10H12BrN/c1-7-3-2-4-9-10(7)8(11)5-6-12-9/h2-4,8,12H,5-6H2,1H3. The minimum Gasteiger partial charge on any atom is -0.385 e. The Morgan fingerprint density at radius 2 is 2.33 bits per heavy atom. The monoisotopic (exact) mass is 225 g/mol. The van der Waals surface area contributed by atoms with Gasteiger partial charge in [-0.25, -0.2) is 0 Å². The molecule has 0 saturated heterocycles. The highest BCUT2D eigenvalue weighted by Gasteiger charge is 2.18. The molecule has 2 heteroatoms. The Morgan fingerprint density at radius 3 is 3.08 bits per heavy atom. The van der Waals surface area contributed by atoms with Crippen molar-refractivity contribution in [1.29, 1.82) is 0 Å². The number of aryl methyl sites for hydroxylation is 1. The lowest BCUT2D eigenvalue weighted by molar-refractivity contribution is 0.816. The van der Waals surface area contributed by atoms with Crippen molar-refractivity contribution in [2.75, 3.05) is 11.9 Å². The van der Waals surface area contributed by atoms with Crippen molar-refractivity contribution in [3.63, 3.8) is 0 Å². The van der Waals surface area contributed by atoms with Crippen LogP contribution < -0.4 is 5.32 Å². The van der Waals surface area contributed by atoms with Gasteiger partial charge < -0.3 is 5.32 Å². The van der Waals surface area contributed by atoms with Crippen LogP contribution >= 0.6 is 15.9 Å². The summed E-state index contributed by atoms with van der Waals surface area (Å²) in [5, 5.41) is 3.40. The van der Waals surface area contributed by atoms with Crippen LogP contribution in [0.4, 0.5) is 5.69 Å². The summed E-state index contributed by atoms with van der Waals surface area (Å²) in [6.45, 7) is 3.24. The Morgan fingerprint density at radius 1 is 1.50 bits per heavy atom. The molecular weight excluding hydrogens is 214 g/mol. The smallest absolute Gasteiger partial charge is 0.0435 e. The molecule has 1 aliphatic heterocycles. The number of benzene rings is 1. The number of hydrogen-bond donors (Lipinski definition) is 1. The van der Waals surface area contributed by atoms with Crippen molar-refractivity contribution in [2.24, 2.45) is 0 Å². The molecule has 64 valence electrons. The van der Waals surface area contributed by atoms with Crippen molar-refractivity contribution < 1.29 is 0 Å².